The lowest BCUT2D eigenvalue weighted by molar-refractivity contribution is -0.118. The summed E-state index contributed by atoms with van der Waals surface area (Å²) in [5.74, 6) is -1.000. The van der Waals surface area contributed by atoms with Gasteiger partial charge in [-0.25, -0.2) is 0 Å². The molecule has 0 saturated carbocycles. The maximum Gasteiger partial charge on any atom is 0.246 e. The number of benzene rings is 2. The van der Waals surface area contributed by atoms with Crippen LogP contribution >= 0.6 is 0 Å². The molecule has 2 amide bonds. The highest BCUT2D eigenvalue weighted by atomic mass is 16.2. The van der Waals surface area contributed by atoms with E-state index in [-0.39, 0.29) is 34.5 Å². The van der Waals surface area contributed by atoms with Crippen molar-refractivity contribution in [1.82, 2.24) is 10.6 Å². The fraction of sp³-hybridized carbons (Fsp3) is 0.231. The highest BCUT2D eigenvalue weighted by Gasteiger charge is 2.33. The lowest BCUT2D eigenvalue weighted by Crippen LogP contribution is -2.31. The second kappa shape index (κ2) is 10.6. The first kappa shape index (κ1) is 24.4. The number of hydrogen-bond donors (Lipinski definition) is 4. The zero-order valence-corrected chi connectivity index (χ0v) is 19.3. The van der Waals surface area contributed by atoms with E-state index in [1.807, 2.05) is 0 Å². The Bertz CT molecular complexity index is 1110. The van der Waals surface area contributed by atoms with E-state index in [0.717, 1.165) is 0 Å². The van der Waals surface area contributed by atoms with Crippen LogP contribution in [-0.4, -0.2) is 49.6 Å². The van der Waals surface area contributed by atoms with Gasteiger partial charge in [-0.1, -0.05) is 37.4 Å². The highest BCUT2D eigenvalue weighted by molar-refractivity contribution is 6.31. The molecular weight excluding hydrogens is 432 g/mol. The van der Waals surface area contributed by atoms with Crippen molar-refractivity contribution in [2.45, 2.75) is 13.8 Å². The van der Waals surface area contributed by atoms with Crippen LogP contribution in [0.1, 0.15) is 45.7 Å². The molecule has 2 aromatic rings. The molecule has 1 aliphatic carbocycles. The van der Waals surface area contributed by atoms with Gasteiger partial charge in [-0.3, -0.25) is 19.2 Å². The van der Waals surface area contributed by atoms with Crippen LogP contribution in [0.15, 0.2) is 60.7 Å². The average molecular weight is 461 g/mol. The summed E-state index contributed by atoms with van der Waals surface area (Å²) in [4.78, 5) is 50.1. The zero-order valence-electron chi connectivity index (χ0n) is 19.3. The summed E-state index contributed by atoms with van der Waals surface area (Å²) < 4.78 is 0. The van der Waals surface area contributed by atoms with Gasteiger partial charge >= 0.3 is 0 Å². The molecule has 0 unspecified atom stereocenters. The van der Waals surface area contributed by atoms with Gasteiger partial charge in [-0.15, -0.1) is 0 Å². The zero-order chi connectivity index (χ0) is 24.8. The van der Waals surface area contributed by atoms with Gasteiger partial charge in [0, 0.05) is 59.8 Å². The Kier molecular flexibility index (Phi) is 7.63. The number of fused-ring (bicyclic) bond motifs is 2. The molecule has 0 spiro atoms. The highest BCUT2D eigenvalue weighted by Crippen LogP contribution is 2.36. The Morgan fingerprint density at radius 1 is 0.676 bits per heavy atom. The van der Waals surface area contributed by atoms with Crippen LogP contribution in [0.4, 0.5) is 11.4 Å². The number of carbonyl (C=O) groups is 4. The Balaban J connectivity index is 1.85. The summed E-state index contributed by atoms with van der Waals surface area (Å²) in [6.07, 6.45) is 0. The molecule has 1 aliphatic rings. The van der Waals surface area contributed by atoms with E-state index in [9.17, 15) is 19.2 Å². The number of rotatable bonds is 10. The van der Waals surface area contributed by atoms with E-state index in [0.29, 0.717) is 59.8 Å². The quantitative estimate of drug-likeness (QED) is 0.273. The van der Waals surface area contributed by atoms with Crippen molar-refractivity contribution in [2.75, 3.05) is 36.8 Å². The SMILES string of the molecule is C=C(C)C(=O)NCCNc1ccc(NCCNC(=O)C(=C)C)c2c1C(=O)c1ccccc1C2=O. The lowest BCUT2D eigenvalue weighted by Gasteiger charge is -2.24. The summed E-state index contributed by atoms with van der Waals surface area (Å²) in [7, 11) is 0. The summed E-state index contributed by atoms with van der Waals surface area (Å²) in [6, 6.07) is 10.2. The number of carbonyl (C=O) groups excluding carboxylic acids is 4. The number of ketones is 2. The molecule has 176 valence electrons. The second-order valence-corrected chi connectivity index (χ2v) is 8.04. The van der Waals surface area contributed by atoms with Crippen molar-refractivity contribution in [1.29, 1.82) is 0 Å². The molecule has 4 N–H and O–H groups in total. The molecule has 34 heavy (non-hydrogen) atoms. The van der Waals surface area contributed by atoms with Crippen molar-refractivity contribution in [3.05, 3.63) is 83.0 Å². The monoisotopic (exact) mass is 460 g/mol. The number of hydrogen-bond acceptors (Lipinski definition) is 6. The molecular formula is C26H28N4O4. The standard InChI is InChI=1S/C26H28N4O4/c1-15(2)25(33)29-13-11-27-19-9-10-20(28-12-14-30-26(34)16(3)4)22-21(19)23(31)17-7-5-6-8-18(17)24(22)32/h5-10,27-28H,1,3,11-14H2,2,4H3,(H,29,33)(H,30,34). The van der Waals surface area contributed by atoms with Gasteiger partial charge in [0.25, 0.3) is 0 Å². The molecule has 0 bridgehead atoms. The van der Waals surface area contributed by atoms with Crippen LogP contribution in [0, 0.1) is 0 Å². The predicted molar refractivity (Wildman–Crippen MR) is 132 cm³/mol. The minimum Gasteiger partial charge on any atom is -0.383 e. The first-order chi connectivity index (χ1) is 16.2. The number of anilines is 2. The third-order valence-corrected chi connectivity index (χ3v) is 5.30. The van der Waals surface area contributed by atoms with E-state index in [1.54, 1.807) is 50.2 Å². The molecule has 0 aliphatic heterocycles. The van der Waals surface area contributed by atoms with Gasteiger partial charge in [-0.2, -0.15) is 0 Å². The maximum absolute atomic E-state index is 13.4. The molecule has 8 nitrogen and oxygen atoms in total. The van der Waals surface area contributed by atoms with Crippen molar-refractivity contribution in [2.24, 2.45) is 0 Å². The number of amides is 2. The summed E-state index contributed by atoms with van der Waals surface area (Å²) >= 11 is 0. The van der Waals surface area contributed by atoms with Crippen molar-refractivity contribution >= 4 is 34.8 Å². The molecule has 2 aromatic carbocycles. The molecule has 0 aromatic heterocycles. The van der Waals surface area contributed by atoms with Crippen molar-refractivity contribution in [3.8, 4) is 0 Å². The van der Waals surface area contributed by atoms with Crippen molar-refractivity contribution in [3.63, 3.8) is 0 Å². The molecule has 8 heteroatoms. The first-order valence-electron chi connectivity index (χ1n) is 10.9. The van der Waals surface area contributed by atoms with Crippen LogP contribution in [0.2, 0.25) is 0 Å². The average Bonchev–Trinajstić information content (AvgIpc) is 2.82. The minimum absolute atomic E-state index is 0.248. The summed E-state index contributed by atoms with van der Waals surface area (Å²) in [5.41, 5.74) is 3.10. The third-order valence-electron chi connectivity index (χ3n) is 5.30. The van der Waals surface area contributed by atoms with Crippen LogP contribution in [0.25, 0.3) is 0 Å². The van der Waals surface area contributed by atoms with Gasteiger partial charge in [0.1, 0.15) is 0 Å². The van der Waals surface area contributed by atoms with Gasteiger partial charge in [0.2, 0.25) is 11.8 Å². The Labute approximate surface area is 198 Å². The van der Waals surface area contributed by atoms with Gasteiger partial charge in [0.05, 0.1) is 11.1 Å². The third kappa shape index (κ3) is 5.23. The Morgan fingerprint density at radius 3 is 1.41 bits per heavy atom. The van der Waals surface area contributed by atoms with Crippen LogP contribution < -0.4 is 21.3 Å². The molecule has 0 saturated heterocycles. The second-order valence-electron chi connectivity index (χ2n) is 8.04. The van der Waals surface area contributed by atoms with Crippen molar-refractivity contribution < 1.29 is 19.2 Å². The smallest absolute Gasteiger partial charge is 0.246 e. The first-order valence-corrected chi connectivity index (χ1v) is 10.9. The van der Waals surface area contributed by atoms with E-state index in [4.69, 9.17) is 0 Å². The lowest BCUT2D eigenvalue weighted by atomic mass is 9.82. The van der Waals surface area contributed by atoms with E-state index in [1.165, 1.54) is 0 Å². The molecule has 0 heterocycles. The maximum atomic E-state index is 13.4. The Morgan fingerprint density at radius 2 is 1.06 bits per heavy atom. The summed E-state index contributed by atoms with van der Waals surface area (Å²) in [5, 5.41) is 11.8. The van der Waals surface area contributed by atoms with Crippen LogP contribution in [-0.2, 0) is 9.59 Å². The van der Waals surface area contributed by atoms with E-state index >= 15 is 0 Å². The van der Waals surface area contributed by atoms with Crippen LogP contribution in [0.5, 0.6) is 0 Å². The molecule has 0 atom stereocenters. The van der Waals surface area contributed by atoms with Gasteiger partial charge in [0.15, 0.2) is 11.6 Å². The van der Waals surface area contributed by atoms with E-state index in [2.05, 4.69) is 34.4 Å². The molecule has 0 fully saturated rings. The van der Waals surface area contributed by atoms with Gasteiger partial charge < -0.3 is 21.3 Å². The van der Waals surface area contributed by atoms with E-state index < -0.39 is 0 Å². The topological polar surface area (TPSA) is 116 Å². The fourth-order valence-electron chi connectivity index (χ4n) is 3.57. The normalized spacial score (nSPS) is 11.7. The van der Waals surface area contributed by atoms with Gasteiger partial charge in [-0.05, 0) is 26.0 Å². The predicted octanol–water partition coefficient (Wildman–Crippen LogP) is 2.67. The minimum atomic E-state index is -0.252. The summed E-state index contributed by atoms with van der Waals surface area (Å²) in [6.45, 7) is 11.8. The molecule has 3 rings (SSSR count). The largest absolute Gasteiger partial charge is 0.383 e. The fourth-order valence-corrected chi connectivity index (χ4v) is 3.57. The number of nitrogens with one attached hydrogen (secondary N) is 4. The Hall–Kier alpha value is -4.20. The molecule has 0 radical (unpaired) electrons. The van der Waals surface area contributed by atoms with Crippen LogP contribution in [0.3, 0.4) is 0 Å².